The average molecular weight is 341 g/mol. The van der Waals surface area contributed by atoms with Crippen molar-refractivity contribution >= 4 is 5.91 Å². The summed E-state index contributed by atoms with van der Waals surface area (Å²) in [7, 11) is 0. The van der Waals surface area contributed by atoms with Gasteiger partial charge in [0.15, 0.2) is 6.10 Å². The molecule has 1 N–H and O–H groups in total. The normalized spacial score (nSPS) is 11.7. The molecule has 1 amide bonds. The first kappa shape index (κ1) is 18.8. The number of carbonyl (C=O) groups excluding carboxylic acids is 1. The van der Waals surface area contributed by atoms with E-state index in [1.807, 2.05) is 58.0 Å². The lowest BCUT2D eigenvalue weighted by Gasteiger charge is -2.18. The molecule has 134 valence electrons. The Morgan fingerprint density at radius 2 is 1.72 bits per heavy atom. The summed E-state index contributed by atoms with van der Waals surface area (Å²) in [5.74, 6) is 1.41. The Labute approximate surface area is 150 Å². The molecule has 25 heavy (non-hydrogen) atoms. The largest absolute Gasteiger partial charge is 0.492 e. The molecule has 0 aliphatic heterocycles. The fraction of sp³-hybridized carbons (Fsp3) is 0.381. The summed E-state index contributed by atoms with van der Waals surface area (Å²) >= 11 is 0. The smallest absolute Gasteiger partial charge is 0.260 e. The number of carbonyl (C=O) groups is 1. The summed E-state index contributed by atoms with van der Waals surface area (Å²) < 4.78 is 11.4. The second-order valence-corrected chi connectivity index (χ2v) is 6.42. The molecule has 0 saturated carbocycles. The minimum Gasteiger partial charge on any atom is -0.492 e. The van der Waals surface area contributed by atoms with Crippen LogP contribution in [0.25, 0.3) is 0 Å². The molecule has 0 fully saturated rings. The number of rotatable bonds is 7. The Morgan fingerprint density at radius 3 is 2.40 bits per heavy atom. The molecule has 1 unspecified atom stereocenters. The molecular weight excluding hydrogens is 314 g/mol. The molecule has 2 aromatic rings. The van der Waals surface area contributed by atoms with Gasteiger partial charge in [-0.1, -0.05) is 23.8 Å². The molecule has 0 aromatic heterocycles. The third-order valence-electron chi connectivity index (χ3n) is 4.13. The first-order valence-corrected chi connectivity index (χ1v) is 8.58. The predicted octanol–water partition coefficient (Wildman–Crippen LogP) is 3.88. The van der Waals surface area contributed by atoms with Crippen LogP contribution >= 0.6 is 0 Å². The Balaban J connectivity index is 1.79. The Morgan fingerprint density at radius 1 is 1.04 bits per heavy atom. The van der Waals surface area contributed by atoms with Gasteiger partial charge in [0.1, 0.15) is 18.1 Å². The van der Waals surface area contributed by atoms with Gasteiger partial charge in [-0.15, -0.1) is 0 Å². The molecule has 0 aliphatic carbocycles. The predicted molar refractivity (Wildman–Crippen MR) is 100 cm³/mol. The first-order valence-electron chi connectivity index (χ1n) is 8.58. The Kier molecular flexibility index (Phi) is 6.45. The number of amides is 1. The van der Waals surface area contributed by atoms with Gasteiger partial charge in [-0.3, -0.25) is 4.79 Å². The maximum absolute atomic E-state index is 12.2. The van der Waals surface area contributed by atoms with Gasteiger partial charge in [0.25, 0.3) is 5.91 Å². The van der Waals surface area contributed by atoms with Crippen molar-refractivity contribution in [2.24, 2.45) is 0 Å². The lowest BCUT2D eigenvalue weighted by atomic mass is 10.1. The summed E-state index contributed by atoms with van der Waals surface area (Å²) in [6.45, 7) is 10.7. The Hall–Kier alpha value is -2.49. The summed E-state index contributed by atoms with van der Waals surface area (Å²) in [4.78, 5) is 12.2. The first-order chi connectivity index (χ1) is 11.9. The molecule has 0 aliphatic rings. The average Bonchev–Trinajstić information content (AvgIpc) is 2.57. The highest BCUT2D eigenvalue weighted by atomic mass is 16.5. The summed E-state index contributed by atoms with van der Waals surface area (Å²) in [5, 5.41) is 2.84. The number of aryl methyl sites for hydroxylation is 3. The van der Waals surface area contributed by atoms with Crippen LogP contribution in [-0.2, 0) is 4.79 Å². The van der Waals surface area contributed by atoms with Gasteiger partial charge in [-0.25, -0.2) is 0 Å². The van der Waals surface area contributed by atoms with E-state index in [4.69, 9.17) is 9.47 Å². The Bertz CT molecular complexity index is 723. The number of hydrogen-bond donors (Lipinski definition) is 1. The molecule has 0 saturated heterocycles. The fourth-order valence-corrected chi connectivity index (χ4v) is 2.49. The number of hydrogen-bond acceptors (Lipinski definition) is 3. The maximum atomic E-state index is 12.2. The fourth-order valence-electron chi connectivity index (χ4n) is 2.49. The maximum Gasteiger partial charge on any atom is 0.260 e. The van der Waals surface area contributed by atoms with E-state index in [0.717, 1.165) is 28.2 Å². The van der Waals surface area contributed by atoms with Crippen LogP contribution < -0.4 is 14.8 Å². The lowest BCUT2D eigenvalue weighted by Crippen LogP contribution is -2.38. The second-order valence-electron chi connectivity index (χ2n) is 6.42. The molecule has 4 heteroatoms. The van der Waals surface area contributed by atoms with Crippen LogP contribution in [0.5, 0.6) is 11.5 Å². The van der Waals surface area contributed by atoms with E-state index in [1.54, 1.807) is 6.92 Å². The van der Waals surface area contributed by atoms with Crippen LogP contribution in [0.4, 0.5) is 0 Å². The monoisotopic (exact) mass is 341 g/mol. The molecule has 0 radical (unpaired) electrons. The molecule has 4 nitrogen and oxygen atoms in total. The molecule has 2 rings (SSSR count). The lowest BCUT2D eigenvalue weighted by molar-refractivity contribution is -0.127. The van der Waals surface area contributed by atoms with Crippen molar-refractivity contribution in [3.8, 4) is 11.5 Å². The standard InChI is InChI=1S/C21H27NO3/c1-14-6-8-19(9-7-14)24-11-10-22-21(23)18(5)25-20-13-15(2)12-16(3)17(20)4/h6-9,12-13,18H,10-11H2,1-5H3,(H,22,23). The van der Waals surface area contributed by atoms with Gasteiger partial charge in [0.05, 0.1) is 6.54 Å². The van der Waals surface area contributed by atoms with Crippen molar-refractivity contribution in [2.75, 3.05) is 13.2 Å². The minimum atomic E-state index is -0.556. The van der Waals surface area contributed by atoms with Crippen molar-refractivity contribution in [2.45, 2.75) is 40.7 Å². The zero-order valence-corrected chi connectivity index (χ0v) is 15.7. The van der Waals surface area contributed by atoms with E-state index in [-0.39, 0.29) is 5.91 Å². The van der Waals surface area contributed by atoms with Gasteiger partial charge in [0.2, 0.25) is 0 Å². The van der Waals surface area contributed by atoms with Crippen molar-refractivity contribution in [3.05, 3.63) is 58.7 Å². The van der Waals surface area contributed by atoms with Crippen LogP contribution in [0.3, 0.4) is 0 Å². The third kappa shape index (κ3) is 5.52. The van der Waals surface area contributed by atoms with Crippen molar-refractivity contribution in [1.29, 1.82) is 0 Å². The van der Waals surface area contributed by atoms with E-state index < -0.39 is 6.10 Å². The van der Waals surface area contributed by atoms with Gasteiger partial charge in [-0.2, -0.15) is 0 Å². The van der Waals surface area contributed by atoms with Crippen LogP contribution in [0.1, 0.15) is 29.2 Å². The van der Waals surface area contributed by atoms with Crippen molar-refractivity contribution < 1.29 is 14.3 Å². The van der Waals surface area contributed by atoms with Crippen LogP contribution in [0.15, 0.2) is 36.4 Å². The van der Waals surface area contributed by atoms with E-state index in [1.165, 1.54) is 5.56 Å². The highest BCUT2D eigenvalue weighted by Crippen LogP contribution is 2.24. The third-order valence-corrected chi connectivity index (χ3v) is 4.13. The van der Waals surface area contributed by atoms with E-state index in [9.17, 15) is 4.79 Å². The summed E-state index contributed by atoms with van der Waals surface area (Å²) in [6.07, 6.45) is -0.556. The molecule has 0 spiro atoms. The van der Waals surface area contributed by atoms with Crippen molar-refractivity contribution in [1.82, 2.24) is 5.32 Å². The highest BCUT2D eigenvalue weighted by molar-refractivity contribution is 5.80. The summed E-state index contributed by atoms with van der Waals surface area (Å²) in [6, 6.07) is 11.9. The van der Waals surface area contributed by atoms with Gasteiger partial charge in [-0.05, 0) is 69.5 Å². The van der Waals surface area contributed by atoms with E-state index in [2.05, 4.69) is 11.4 Å². The van der Waals surface area contributed by atoms with Crippen molar-refractivity contribution in [3.63, 3.8) is 0 Å². The molecule has 1 atom stereocenters. The molecular formula is C21H27NO3. The van der Waals surface area contributed by atoms with E-state index >= 15 is 0 Å². The topological polar surface area (TPSA) is 47.6 Å². The number of nitrogens with one attached hydrogen (secondary N) is 1. The van der Waals surface area contributed by atoms with E-state index in [0.29, 0.717) is 13.2 Å². The van der Waals surface area contributed by atoms with Gasteiger partial charge < -0.3 is 14.8 Å². The molecule has 0 heterocycles. The van der Waals surface area contributed by atoms with Gasteiger partial charge in [0, 0.05) is 0 Å². The molecule has 0 bridgehead atoms. The van der Waals surface area contributed by atoms with Crippen LogP contribution in [-0.4, -0.2) is 25.2 Å². The quantitative estimate of drug-likeness (QED) is 0.778. The zero-order chi connectivity index (χ0) is 18.4. The molecule has 2 aromatic carbocycles. The zero-order valence-electron chi connectivity index (χ0n) is 15.7. The summed E-state index contributed by atoms with van der Waals surface area (Å²) in [5.41, 5.74) is 4.53. The second kappa shape index (κ2) is 8.56. The SMILES string of the molecule is Cc1ccc(OCCNC(=O)C(C)Oc2cc(C)cc(C)c2C)cc1. The highest BCUT2D eigenvalue weighted by Gasteiger charge is 2.16. The van der Waals surface area contributed by atoms with Gasteiger partial charge >= 0.3 is 0 Å². The minimum absolute atomic E-state index is 0.147. The number of ether oxygens (including phenoxy) is 2. The van der Waals surface area contributed by atoms with Crippen LogP contribution in [0, 0.1) is 27.7 Å². The van der Waals surface area contributed by atoms with Crippen LogP contribution in [0.2, 0.25) is 0 Å². The number of benzene rings is 2.